The number of amides is 1. The van der Waals surface area contributed by atoms with E-state index in [1.807, 2.05) is 24.3 Å². The molecule has 0 bridgehead atoms. The van der Waals surface area contributed by atoms with Crippen molar-refractivity contribution in [2.45, 2.75) is 39.0 Å². The summed E-state index contributed by atoms with van der Waals surface area (Å²) in [4.78, 5) is 24.8. The van der Waals surface area contributed by atoms with Crippen molar-refractivity contribution in [1.29, 1.82) is 0 Å². The predicted molar refractivity (Wildman–Crippen MR) is 76.4 cm³/mol. The van der Waals surface area contributed by atoms with E-state index >= 15 is 0 Å². The van der Waals surface area contributed by atoms with Gasteiger partial charge in [-0.05, 0) is 37.1 Å². The summed E-state index contributed by atoms with van der Waals surface area (Å²) in [6.07, 6.45) is 6.28. The van der Waals surface area contributed by atoms with Gasteiger partial charge in [0.15, 0.2) is 5.78 Å². The number of carbonyl (C=O) groups is 2. The van der Waals surface area contributed by atoms with Gasteiger partial charge in [-0.3, -0.25) is 9.59 Å². The highest BCUT2D eigenvalue weighted by Crippen LogP contribution is 2.38. The number of hydrogen-bond donors (Lipinski definition) is 0. The monoisotopic (exact) mass is 259 g/mol. The van der Waals surface area contributed by atoms with Crippen LogP contribution in [0.4, 0.5) is 5.69 Å². The van der Waals surface area contributed by atoms with E-state index in [4.69, 9.17) is 0 Å². The van der Waals surface area contributed by atoms with Crippen LogP contribution < -0.4 is 4.90 Å². The normalized spacial score (nSPS) is 17.8. The van der Waals surface area contributed by atoms with E-state index in [0.717, 1.165) is 43.3 Å². The molecule has 0 N–H and O–H groups in total. The molecule has 0 unspecified atom stereocenters. The lowest BCUT2D eigenvalue weighted by molar-refractivity contribution is -0.107. The van der Waals surface area contributed by atoms with Crippen molar-refractivity contribution in [1.82, 2.24) is 0 Å². The first-order valence-corrected chi connectivity index (χ1v) is 6.90. The van der Waals surface area contributed by atoms with Gasteiger partial charge in [0, 0.05) is 23.7 Å². The van der Waals surface area contributed by atoms with Gasteiger partial charge in [-0.2, -0.15) is 0 Å². The van der Waals surface area contributed by atoms with Crippen molar-refractivity contribution in [3.63, 3.8) is 0 Å². The SMILES string of the molecule is CN(C=O)c1ccc(C(=O)C2(C)CCCCC2)cc1. The van der Waals surface area contributed by atoms with Crippen LogP contribution in [-0.2, 0) is 4.79 Å². The zero-order valence-corrected chi connectivity index (χ0v) is 11.7. The molecule has 0 atom stereocenters. The number of anilines is 1. The number of carbonyl (C=O) groups excluding carboxylic acids is 2. The second-order valence-corrected chi connectivity index (χ2v) is 5.71. The zero-order chi connectivity index (χ0) is 13.9. The Balaban J connectivity index is 2.17. The highest BCUT2D eigenvalue weighted by molar-refractivity contribution is 6.00. The largest absolute Gasteiger partial charge is 0.318 e. The number of hydrogen-bond acceptors (Lipinski definition) is 2. The molecule has 1 amide bonds. The van der Waals surface area contributed by atoms with Gasteiger partial charge >= 0.3 is 0 Å². The quantitative estimate of drug-likeness (QED) is 0.613. The van der Waals surface area contributed by atoms with Crippen LogP contribution in [0.15, 0.2) is 24.3 Å². The Kier molecular flexibility index (Phi) is 4.03. The fourth-order valence-electron chi connectivity index (χ4n) is 2.82. The Hall–Kier alpha value is -1.64. The highest BCUT2D eigenvalue weighted by atomic mass is 16.1. The highest BCUT2D eigenvalue weighted by Gasteiger charge is 2.34. The number of ketones is 1. The lowest BCUT2D eigenvalue weighted by atomic mass is 9.71. The second-order valence-electron chi connectivity index (χ2n) is 5.71. The summed E-state index contributed by atoms with van der Waals surface area (Å²) < 4.78 is 0. The molecule has 2 rings (SSSR count). The Morgan fingerprint density at radius 1 is 1.16 bits per heavy atom. The molecule has 102 valence electrons. The van der Waals surface area contributed by atoms with E-state index in [1.165, 1.54) is 11.3 Å². The third-order valence-corrected chi connectivity index (χ3v) is 4.20. The molecule has 0 aliphatic heterocycles. The molecule has 1 aromatic carbocycles. The first-order valence-electron chi connectivity index (χ1n) is 6.90. The molecule has 19 heavy (non-hydrogen) atoms. The van der Waals surface area contributed by atoms with Crippen LogP contribution in [0.3, 0.4) is 0 Å². The van der Waals surface area contributed by atoms with Gasteiger partial charge in [-0.1, -0.05) is 26.2 Å². The summed E-state index contributed by atoms with van der Waals surface area (Å²) >= 11 is 0. The number of rotatable bonds is 4. The number of benzene rings is 1. The number of Topliss-reactive ketones (excluding diaryl/α,β-unsaturated/α-hetero) is 1. The molecule has 0 radical (unpaired) electrons. The van der Waals surface area contributed by atoms with Crippen LogP contribution >= 0.6 is 0 Å². The smallest absolute Gasteiger partial charge is 0.213 e. The van der Waals surface area contributed by atoms with E-state index < -0.39 is 0 Å². The Labute approximate surface area is 114 Å². The van der Waals surface area contributed by atoms with Crippen LogP contribution in [0, 0.1) is 5.41 Å². The molecule has 3 heteroatoms. The first kappa shape index (κ1) is 13.8. The molecule has 0 saturated heterocycles. The molecule has 0 spiro atoms. The van der Waals surface area contributed by atoms with E-state index in [2.05, 4.69) is 6.92 Å². The van der Waals surface area contributed by atoms with Gasteiger partial charge < -0.3 is 4.90 Å². The summed E-state index contributed by atoms with van der Waals surface area (Å²) in [5.74, 6) is 0.243. The molecule has 3 nitrogen and oxygen atoms in total. The van der Waals surface area contributed by atoms with Gasteiger partial charge in [0.1, 0.15) is 0 Å². The van der Waals surface area contributed by atoms with Gasteiger partial charge in [0.2, 0.25) is 6.41 Å². The van der Waals surface area contributed by atoms with E-state index in [9.17, 15) is 9.59 Å². The van der Waals surface area contributed by atoms with Gasteiger partial charge in [0.05, 0.1) is 0 Å². The lowest BCUT2D eigenvalue weighted by Gasteiger charge is -2.32. The summed E-state index contributed by atoms with van der Waals surface area (Å²) in [6, 6.07) is 7.32. The Bertz CT molecular complexity index is 458. The average Bonchev–Trinajstić information content (AvgIpc) is 2.46. The fraction of sp³-hybridized carbons (Fsp3) is 0.500. The van der Waals surface area contributed by atoms with Crippen LogP contribution in [0.1, 0.15) is 49.4 Å². The van der Waals surface area contributed by atoms with Gasteiger partial charge in [-0.15, -0.1) is 0 Å². The summed E-state index contributed by atoms with van der Waals surface area (Å²) in [5.41, 5.74) is 1.36. The standard InChI is InChI=1S/C16H21NO2/c1-16(10-4-3-5-11-16)15(19)13-6-8-14(9-7-13)17(2)12-18/h6-9,12H,3-5,10-11H2,1-2H3. The van der Waals surface area contributed by atoms with Crippen LogP contribution in [0.25, 0.3) is 0 Å². The maximum absolute atomic E-state index is 12.6. The van der Waals surface area contributed by atoms with Crippen LogP contribution in [-0.4, -0.2) is 19.2 Å². The summed E-state index contributed by atoms with van der Waals surface area (Å²) in [5, 5.41) is 0. The topological polar surface area (TPSA) is 37.4 Å². The maximum Gasteiger partial charge on any atom is 0.213 e. The van der Waals surface area contributed by atoms with Crippen molar-refractivity contribution in [3.8, 4) is 0 Å². The Morgan fingerprint density at radius 2 is 1.74 bits per heavy atom. The molecule has 0 aromatic heterocycles. The molecule has 1 fully saturated rings. The predicted octanol–water partition coefficient (Wildman–Crippen LogP) is 3.43. The lowest BCUT2D eigenvalue weighted by Crippen LogP contribution is -2.30. The third-order valence-electron chi connectivity index (χ3n) is 4.20. The molecule has 1 aromatic rings. The molecule has 1 saturated carbocycles. The minimum absolute atomic E-state index is 0.198. The minimum Gasteiger partial charge on any atom is -0.318 e. The van der Waals surface area contributed by atoms with Crippen molar-refractivity contribution in [3.05, 3.63) is 29.8 Å². The average molecular weight is 259 g/mol. The van der Waals surface area contributed by atoms with Crippen molar-refractivity contribution in [2.24, 2.45) is 5.41 Å². The van der Waals surface area contributed by atoms with E-state index in [1.54, 1.807) is 7.05 Å². The van der Waals surface area contributed by atoms with Crippen molar-refractivity contribution in [2.75, 3.05) is 11.9 Å². The zero-order valence-electron chi connectivity index (χ0n) is 11.7. The second kappa shape index (κ2) is 5.55. The maximum atomic E-state index is 12.6. The van der Waals surface area contributed by atoms with Gasteiger partial charge in [-0.25, -0.2) is 0 Å². The van der Waals surface area contributed by atoms with Crippen molar-refractivity contribution < 1.29 is 9.59 Å². The molecular formula is C16H21NO2. The van der Waals surface area contributed by atoms with Crippen molar-refractivity contribution >= 4 is 17.9 Å². The summed E-state index contributed by atoms with van der Waals surface area (Å²) in [6.45, 7) is 2.08. The Morgan fingerprint density at radius 3 is 2.26 bits per heavy atom. The van der Waals surface area contributed by atoms with Crippen LogP contribution in [0.5, 0.6) is 0 Å². The molecule has 1 aliphatic carbocycles. The minimum atomic E-state index is -0.198. The first-order chi connectivity index (χ1) is 9.07. The number of nitrogens with zero attached hydrogens (tertiary/aromatic N) is 1. The fourth-order valence-corrected chi connectivity index (χ4v) is 2.82. The third kappa shape index (κ3) is 2.86. The summed E-state index contributed by atoms with van der Waals surface area (Å²) in [7, 11) is 1.70. The molecular weight excluding hydrogens is 238 g/mol. The van der Waals surface area contributed by atoms with E-state index in [0.29, 0.717) is 0 Å². The molecule has 0 heterocycles. The van der Waals surface area contributed by atoms with Gasteiger partial charge in [0.25, 0.3) is 0 Å². The molecule has 1 aliphatic rings. The van der Waals surface area contributed by atoms with E-state index in [-0.39, 0.29) is 11.2 Å². The van der Waals surface area contributed by atoms with Crippen LogP contribution in [0.2, 0.25) is 0 Å².